The van der Waals surface area contributed by atoms with E-state index in [0.29, 0.717) is 18.0 Å². The van der Waals surface area contributed by atoms with E-state index in [1.165, 1.54) is 0 Å². The second-order valence-corrected chi connectivity index (χ2v) is 5.74. The number of fused-ring (bicyclic) bond motifs is 1. The summed E-state index contributed by atoms with van der Waals surface area (Å²) in [7, 11) is 5.83. The minimum Gasteiger partial charge on any atom is -0.378 e. The van der Waals surface area contributed by atoms with Gasteiger partial charge in [0.15, 0.2) is 5.65 Å². The smallest absolute Gasteiger partial charge is 0.299 e. The van der Waals surface area contributed by atoms with Crippen molar-refractivity contribution in [2.24, 2.45) is 0 Å². The fourth-order valence-electron chi connectivity index (χ4n) is 2.42. The average Bonchev–Trinajstić information content (AvgIpc) is 2.98. The van der Waals surface area contributed by atoms with Crippen molar-refractivity contribution in [2.75, 3.05) is 30.9 Å². The molecule has 2 heterocycles. The SMILES string of the molecule is CN(C)c1cccc(CN(C)c2ccc3nnc(C(F)F)n3n2)c1. The number of aromatic nitrogens is 4. The Morgan fingerprint density at radius 1 is 1.08 bits per heavy atom. The first-order valence-electron chi connectivity index (χ1n) is 7.43. The van der Waals surface area contributed by atoms with Gasteiger partial charge in [-0.25, -0.2) is 8.78 Å². The van der Waals surface area contributed by atoms with Crippen molar-refractivity contribution < 1.29 is 8.78 Å². The zero-order valence-electron chi connectivity index (χ0n) is 13.7. The molecule has 0 aliphatic carbocycles. The highest BCUT2D eigenvalue weighted by molar-refractivity contribution is 5.49. The van der Waals surface area contributed by atoms with Crippen molar-refractivity contribution in [1.29, 1.82) is 0 Å². The predicted molar refractivity (Wildman–Crippen MR) is 88.6 cm³/mol. The molecule has 0 atom stereocenters. The molecule has 24 heavy (non-hydrogen) atoms. The maximum atomic E-state index is 12.9. The largest absolute Gasteiger partial charge is 0.378 e. The van der Waals surface area contributed by atoms with Crippen LogP contribution in [0.3, 0.4) is 0 Å². The Balaban J connectivity index is 1.87. The number of benzene rings is 1. The Morgan fingerprint density at radius 3 is 2.58 bits per heavy atom. The highest BCUT2D eigenvalue weighted by Crippen LogP contribution is 2.20. The summed E-state index contributed by atoms with van der Waals surface area (Å²) < 4.78 is 27.0. The Kier molecular flexibility index (Phi) is 4.28. The van der Waals surface area contributed by atoms with Gasteiger partial charge in [0.2, 0.25) is 5.82 Å². The monoisotopic (exact) mass is 332 g/mol. The fourth-order valence-corrected chi connectivity index (χ4v) is 2.42. The zero-order valence-corrected chi connectivity index (χ0v) is 13.7. The van der Waals surface area contributed by atoms with Crippen LogP contribution in [-0.4, -0.2) is 41.0 Å². The molecule has 126 valence electrons. The molecular weight excluding hydrogens is 314 g/mol. The van der Waals surface area contributed by atoms with Gasteiger partial charge in [0.25, 0.3) is 6.43 Å². The van der Waals surface area contributed by atoms with Crippen molar-refractivity contribution >= 4 is 17.2 Å². The van der Waals surface area contributed by atoms with Gasteiger partial charge in [0, 0.05) is 33.4 Å². The molecule has 8 heteroatoms. The molecule has 2 aromatic heterocycles. The minimum absolute atomic E-state index is 0.303. The molecule has 3 aromatic rings. The van der Waals surface area contributed by atoms with E-state index < -0.39 is 12.2 Å². The lowest BCUT2D eigenvalue weighted by Gasteiger charge is -2.20. The van der Waals surface area contributed by atoms with Gasteiger partial charge in [-0.2, -0.15) is 4.52 Å². The first-order chi connectivity index (χ1) is 11.5. The number of nitrogens with zero attached hydrogens (tertiary/aromatic N) is 6. The molecule has 0 bridgehead atoms. The van der Waals surface area contributed by atoms with Crippen molar-refractivity contribution in [3.63, 3.8) is 0 Å². The highest BCUT2D eigenvalue weighted by atomic mass is 19.3. The van der Waals surface area contributed by atoms with Gasteiger partial charge in [-0.15, -0.1) is 15.3 Å². The first-order valence-corrected chi connectivity index (χ1v) is 7.43. The summed E-state index contributed by atoms with van der Waals surface area (Å²) >= 11 is 0. The lowest BCUT2D eigenvalue weighted by molar-refractivity contribution is 0.137. The molecule has 0 saturated heterocycles. The Morgan fingerprint density at radius 2 is 1.88 bits per heavy atom. The van der Waals surface area contributed by atoms with Crippen molar-refractivity contribution in [1.82, 2.24) is 19.8 Å². The van der Waals surface area contributed by atoms with Crippen LogP contribution in [0.2, 0.25) is 0 Å². The van der Waals surface area contributed by atoms with Crippen LogP contribution in [0.4, 0.5) is 20.3 Å². The van der Waals surface area contributed by atoms with Crippen LogP contribution >= 0.6 is 0 Å². The van der Waals surface area contributed by atoms with E-state index in [9.17, 15) is 8.78 Å². The summed E-state index contributed by atoms with van der Waals surface area (Å²) in [6.45, 7) is 0.603. The molecule has 0 fully saturated rings. The van der Waals surface area contributed by atoms with Crippen LogP contribution in [-0.2, 0) is 6.54 Å². The van der Waals surface area contributed by atoms with E-state index in [4.69, 9.17) is 0 Å². The number of hydrogen-bond donors (Lipinski definition) is 0. The van der Waals surface area contributed by atoms with Gasteiger partial charge in [0.05, 0.1) is 0 Å². The van der Waals surface area contributed by atoms with Crippen LogP contribution in [0.5, 0.6) is 0 Å². The lowest BCUT2D eigenvalue weighted by atomic mass is 10.2. The number of alkyl halides is 2. The van der Waals surface area contributed by atoms with Gasteiger partial charge in [0.1, 0.15) is 5.82 Å². The normalized spacial score (nSPS) is 11.2. The molecule has 0 radical (unpaired) electrons. The number of rotatable bonds is 5. The molecular formula is C16H18F2N6. The summed E-state index contributed by atoms with van der Waals surface area (Å²) in [4.78, 5) is 3.92. The molecule has 6 nitrogen and oxygen atoms in total. The summed E-state index contributed by atoms with van der Waals surface area (Å²) in [5, 5.41) is 11.4. The third kappa shape index (κ3) is 3.12. The third-order valence-electron chi connectivity index (χ3n) is 3.71. The predicted octanol–water partition coefficient (Wildman–Crippen LogP) is 2.76. The summed E-state index contributed by atoms with van der Waals surface area (Å²) in [6.07, 6.45) is -2.72. The summed E-state index contributed by atoms with van der Waals surface area (Å²) in [6, 6.07) is 11.5. The first kappa shape index (κ1) is 16.1. The van der Waals surface area contributed by atoms with Gasteiger partial charge in [-0.3, -0.25) is 0 Å². The molecule has 0 spiro atoms. The summed E-state index contributed by atoms with van der Waals surface area (Å²) in [5.74, 6) is 0.120. The van der Waals surface area contributed by atoms with E-state index in [-0.39, 0.29) is 0 Å². The van der Waals surface area contributed by atoms with E-state index in [1.807, 2.05) is 49.1 Å². The molecule has 0 amide bonds. The topological polar surface area (TPSA) is 49.6 Å². The van der Waals surface area contributed by atoms with Gasteiger partial charge < -0.3 is 9.80 Å². The van der Waals surface area contributed by atoms with E-state index in [1.54, 1.807) is 12.1 Å². The van der Waals surface area contributed by atoms with Crippen LogP contribution in [0.15, 0.2) is 36.4 Å². The van der Waals surface area contributed by atoms with Gasteiger partial charge in [-0.1, -0.05) is 12.1 Å². The molecule has 0 aliphatic rings. The number of hydrogen-bond acceptors (Lipinski definition) is 5. The second-order valence-electron chi connectivity index (χ2n) is 5.74. The van der Waals surface area contributed by atoms with Crippen molar-refractivity contribution in [2.45, 2.75) is 13.0 Å². The van der Waals surface area contributed by atoms with Crippen molar-refractivity contribution in [3.8, 4) is 0 Å². The second kappa shape index (κ2) is 6.38. The van der Waals surface area contributed by atoms with Gasteiger partial charge >= 0.3 is 0 Å². The van der Waals surface area contributed by atoms with Crippen LogP contribution in [0, 0.1) is 0 Å². The molecule has 0 saturated carbocycles. The molecule has 0 N–H and O–H groups in total. The molecule has 0 aliphatic heterocycles. The quantitative estimate of drug-likeness (QED) is 0.719. The lowest BCUT2D eigenvalue weighted by Crippen LogP contribution is -2.19. The Hall–Kier alpha value is -2.77. The number of anilines is 2. The third-order valence-corrected chi connectivity index (χ3v) is 3.71. The molecule has 3 rings (SSSR count). The van der Waals surface area contributed by atoms with E-state index in [0.717, 1.165) is 15.8 Å². The maximum absolute atomic E-state index is 12.9. The fraction of sp³-hybridized carbons (Fsp3) is 0.312. The molecule has 0 unspecified atom stereocenters. The van der Waals surface area contributed by atoms with E-state index in [2.05, 4.69) is 21.4 Å². The van der Waals surface area contributed by atoms with Gasteiger partial charge in [-0.05, 0) is 29.8 Å². The highest BCUT2D eigenvalue weighted by Gasteiger charge is 2.17. The maximum Gasteiger partial charge on any atom is 0.299 e. The summed E-state index contributed by atoms with van der Waals surface area (Å²) in [5.41, 5.74) is 2.50. The standard InChI is InChI=1S/C16H18F2N6/c1-22(2)12-6-4-5-11(9-12)10-23(3)14-8-7-13-19-20-16(15(17)18)24(13)21-14/h4-9,15H,10H2,1-3H3. The van der Waals surface area contributed by atoms with Crippen LogP contribution in [0.1, 0.15) is 17.8 Å². The van der Waals surface area contributed by atoms with E-state index >= 15 is 0 Å². The zero-order chi connectivity index (χ0) is 17.3. The Labute approximate surface area is 138 Å². The molecule has 1 aromatic carbocycles. The van der Waals surface area contributed by atoms with Crippen LogP contribution < -0.4 is 9.80 Å². The minimum atomic E-state index is -2.72. The van der Waals surface area contributed by atoms with Crippen LogP contribution in [0.25, 0.3) is 5.65 Å². The number of halogens is 2. The Bertz CT molecular complexity index is 845. The average molecular weight is 332 g/mol. The van der Waals surface area contributed by atoms with Crippen molar-refractivity contribution in [3.05, 3.63) is 47.8 Å².